The molecule has 1 aromatic carbocycles. The van der Waals surface area contributed by atoms with Gasteiger partial charge in [-0.05, 0) is 56.5 Å². The molecule has 38 heavy (non-hydrogen) atoms. The number of hydrogen-bond acceptors (Lipinski definition) is 5. The van der Waals surface area contributed by atoms with Gasteiger partial charge in [0.1, 0.15) is 17.7 Å². The minimum Gasteiger partial charge on any atom is -0.439 e. The fourth-order valence-electron chi connectivity index (χ4n) is 4.91. The minimum absolute atomic E-state index is 0.0169. The maximum absolute atomic E-state index is 14.2. The molecule has 13 heteroatoms. The van der Waals surface area contributed by atoms with Crippen molar-refractivity contribution < 1.29 is 45.0 Å². The highest BCUT2D eigenvalue weighted by atomic mass is 19.4. The Labute approximate surface area is 214 Å². The summed E-state index contributed by atoms with van der Waals surface area (Å²) in [6.45, 7) is 4.77. The van der Waals surface area contributed by atoms with Gasteiger partial charge in [-0.1, -0.05) is 0 Å². The molecule has 2 aliphatic rings. The molecule has 2 atom stereocenters. The Balaban J connectivity index is 1.65. The Morgan fingerprint density at radius 3 is 2.18 bits per heavy atom. The number of alkyl halides is 6. The first-order chi connectivity index (χ1) is 17.8. The molecule has 0 aliphatic carbocycles. The van der Waals surface area contributed by atoms with Gasteiger partial charge in [0.2, 0.25) is 0 Å². The quantitative estimate of drug-likeness (QED) is 0.394. The lowest BCUT2D eigenvalue weighted by molar-refractivity contribution is -0.143. The summed E-state index contributed by atoms with van der Waals surface area (Å²) in [7, 11) is 0. The normalized spacial score (nSPS) is 21.1. The third kappa shape index (κ3) is 5.82. The van der Waals surface area contributed by atoms with E-state index in [1.54, 1.807) is 0 Å². The first-order valence-corrected chi connectivity index (χ1v) is 12.0. The summed E-state index contributed by atoms with van der Waals surface area (Å²) < 4.78 is 105. The highest BCUT2D eigenvalue weighted by Gasteiger charge is 2.43. The molecule has 0 spiro atoms. The summed E-state index contributed by atoms with van der Waals surface area (Å²) in [6.07, 6.45) is -9.96. The van der Waals surface area contributed by atoms with Crippen LogP contribution in [0, 0.1) is 5.82 Å². The van der Waals surface area contributed by atoms with Gasteiger partial charge in [0.25, 0.3) is 0 Å². The van der Waals surface area contributed by atoms with Crippen molar-refractivity contribution in [3.05, 3.63) is 58.5 Å². The van der Waals surface area contributed by atoms with E-state index in [1.807, 2.05) is 11.8 Å². The van der Waals surface area contributed by atoms with Crippen LogP contribution in [0.15, 0.2) is 30.5 Å². The van der Waals surface area contributed by atoms with E-state index in [9.17, 15) is 35.5 Å². The van der Waals surface area contributed by atoms with E-state index in [1.165, 1.54) is 13.0 Å². The minimum atomic E-state index is -5.04. The molecule has 6 nitrogen and oxygen atoms in total. The van der Waals surface area contributed by atoms with Crippen molar-refractivity contribution in [2.24, 2.45) is 0 Å². The summed E-state index contributed by atoms with van der Waals surface area (Å²) in [6, 6.07) is 1.43. The van der Waals surface area contributed by atoms with Crippen LogP contribution in [0.2, 0.25) is 0 Å². The Bertz CT molecular complexity index is 1130. The molecule has 0 radical (unpaired) electrons. The third-order valence-electron chi connectivity index (χ3n) is 6.83. The maximum atomic E-state index is 14.2. The van der Waals surface area contributed by atoms with Crippen molar-refractivity contribution in [1.82, 2.24) is 9.88 Å². The Kier molecular flexibility index (Phi) is 7.78. The largest absolute Gasteiger partial charge is 0.439 e. The first kappa shape index (κ1) is 27.9. The number of pyridine rings is 1. The highest BCUT2D eigenvalue weighted by molar-refractivity contribution is 5.71. The van der Waals surface area contributed by atoms with E-state index in [0.717, 1.165) is 11.1 Å². The topological polar surface area (TPSA) is 54.9 Å². The van der Waals surface area contributed by atoms with Gasteiger partial charge in [0, 0.05) is 31.4 Å². The summed E-state index contributed by atoms with van der Waals surface area (Å²) in [5, 5.41) is 0. The number of carbonyl (C=O) groups is 1. The summed E-state index contributed by atoms with van der Waals surface area (Å²) in [5.74, 6) is -0.223. The van der Waals surface area contributed by atoms with Crippen LogP contribution in [0.5, 0.6) is 0 Å². The lowest BCUT2D eigenvalue weighted by atomic mass is 9.97. The van der Waals surface area contributed by atoms with E-state index in [2.05, 4.69) is 4.98 Å². The zero-order valence-electron chi connectivity index (χ0n) is 20.6. The van der Waals surface area contributed by atoms with Crippen LogP contribution < -0.4 is 4.90 Å². The SMILES string of the molecule is CCN(c1ncc(F)cc1CN1C(=O)OC(c2cc(C(F)(F)F)cc(C(F)(F)F)c2)C1C)C1CCOCC1. The maximum Gasteiger partial charge on any atom is 0.416 e. The molecule has 2 unspecified atom stereocenters. The van der Waals surface area contributed by atoms with E-state index >= 15 is 0 Å². The molecule has 1 amide bonds. The van der Waals surface area contributed by atoms with E-state index < -0.39 is 53.1 Å². The van der Waals surface area contributed by atoms with Crippen molar-refractivity contribution in [3.8, 4) is 0 Å². The molecular weight excluding hydrogens is 523 g/mol. The average molecular weight is 549 g/mol. The van der Waals surface area contributed by atoms with Crippen LogP contribution in [0.1, 0.15) is 55.0 Å². The monoisotopic (exact) mass is 549 g/mol. The standard InChI is InChI=1S/C25H26F7N3O3/c1-3-34(20-4-6-37-7-5-20)22-16(10-19(26)12-33-22)13-35-14(2)21(38-23(35)36)15-8-17(24(27,28)29)11-18(9-15)25(30,31)32/h8-12,14,20-21H,3-7,13H2,1-2H3. The zero-order chi connectivity index (χ0) is 27.8. The molecule has 0 saturated carbocycles. The fourth-order valence-corrected chi connectivity index (χ4v) is 4.91. The molecule has 4 rings (SSSR count). The number of amides is 1. The number of carbonyl (C=O) groups excluding carboxylic acids is 1. The number of aromatic nitrogens is 1. The van der Waals surface area contributed by atoms with Crippen LogP contribution >= 0.6 is 0 Å². The highest BCUT2D eigenvalue weighted by Crippen LogP contribution is 2.41. The number of anilines is 1. The number of ether oxygens (including phenoxy) is 2. The van der Waals surface area contributed by atoms with Crippen LogP contribution in [-0.4, -0.2) is 47.8 Å². The van der Waals surface area contributed by atoms with Crippen LogP contribution in [-0.2, 0) is 28.4 Å². The number of nitrogens with zero attached hydrogens (tertiary/aromatic N) is 3. The second kappa shape index (κ2) is 10.6. The van der Waals surface area contributed by atoms with E-state index in [4.69, 9.17) is 9.47 Å². The molecule has 0 N–H and O–H groups in total. The lowest BCUT2D eigenvalue weighted by Crippen LogP contribution is -2.41. The third-order valence-corrected chi connectivity index (χ3v) is 6.83. The molecule has 2 saturated heterocycles. The number of hydrogen-bond donors (Lipinski definition) is 0. The Morgan fingerprint density at radius 1 is 1.03 bits per heavy atom. The average Bonchev–Trinajstić information content (AvgIpc) is 3.13. The molecule has 1 aromatic heterocycles. The van der Waals surface area contributed by atoms with Gasteiger partial charge >= 0.3 is 18.4 Å². The van der Waals surface area contributed by atoms with Gasteiger partial charge in [0.05, 0.1) is 29.9 Å². The fraction of sp³-hybridized carbons (Fsp3) is 0.520. The van der Waals surface area contributed by atoms with Crippen molar-refractivity contribution in [2.45, 2.75) is 63.8 Å². The Hall–Kier alpha value is -3.09. The van der Waals surface area contributed by atoms with Gasteiger partial charge in [-0.15, -0.1) is 0 Å². The van der Waals surface area contributed by atoms with Gasteiger partial charge in [-0.3, -0.25) is 4.90 Å². The molecule has 0 bridgehead atoms. The molecular formula is C25H26F7N3O3. The molecule has 3 heterocycles. The van der Waals surface area contributed by atoms with E-state index in [0.29, 0.717) is 56.1 Å². The number of cyclic esters (lactones) is 1. The van der Waals surface area contributed by atoms with Gasteiger partial charge in [-0.25, -0.2) is 14.2 Å². The van der Waals surface area contributed by atoms with Crippen LogP contribution in [0.3, 0.4) is 0 Å². The second-order valence-corrected chi connectivity index (χ2v) is 9.28. The summed E-state index contributed by atoms with van der Waals surface area (Å²) in [4.78, 5) is 20.2. The van der Waals surface area contributed by atoms with Gasteiger partial charge in [0.15, 0.2) is 0 Å². The predicted octanol–water partition coefficient (Wildman–Crippen LogP) is 6.35. The molecule has 2 aliphatic heterocycles. The summed E-state index contributed by atoms with van der Waals surface area (Å²) >= 11 is 0. The summed E-state index contributed by atoms with van der Waals surface area (Å²) in [5.41, 5.74) is -3.11. The number of rotatable bonds is 6. The van der Waals surface area contributed by atoms with Crippen LogP contribution in [0.25, 0.3) is 0 Å². The molecule has 208 valence electrons. The van der Waals surface area contributed by atoms with Gasteiger partial charge in [-0.2, -0.15) is 26.3 Å². The zero-order valence-corrected chi connectivity index (χ0v) is 20.6. The second-order valence-electron chi connectivity index (χ2n) is 9.28. The predicted molar refractivity (Wildman–Crippen MR) is 122 cm³/mol. The molecule has 2 aromatic rings. The first-order valence-electron chi connectivity index (χ1n) is 12.0. The number of benzene rings is 1. The Morgan fingerprint density at radius 2 is 1.63 bits per heavy atom. The van der Waals surface area contributed by atoms with E-state index in [-0.39, 0.29) is 18.7 Å². The smallest absolute Gasteiger partial charge is 0.416 e. The van der Waals surface area contributed by atoms with Crippen molar-refractivity contribution >= 4 is 11.9 Å². The van der Waals surface area contributed by atoms with Crippen molar-refractivity contribution in [1.29, 1.82) is 0 Å². The van der Waals surface area contributed by atoms with Gasteiger partial charge < -0.3 is 14.4 Å². The van der Waals surface area contributed by atoms with Crippen molar-refractivity contribution in [3.63, 3.8) is 0 Å². The van der Waals surface area contributed by atoms with Crippen LogP contribution in [0.4, 0.5) is 41.3 Å². The number of halogens is 7. The van der Waals surface area contributed by atoms with Crippen molar-refractivity contribution in [2.75, 3.05) is 24.7 Å². The molecule has 2 fully saturated rings. The lowest BCUT2D eigenvalue weighted by Gasteiger charge is -2.36.